The van der Waals surface area contributed by atoms with Crippen molar-refractivity contribution >= 4 is 28.8 Å². The first-order valence-electron chi connectivity index (χ1n) is 7.84. The van der Waals surface area contributed by atoms with E-state index >= 15 is 0 Å². The number of amides is 1. The Morgan fingerprint density at radius 2 is 2.00 bits per heavy atom. The standard InChI is InChI=1S/C18H23ClN2O2S/c1-13(21(2)12-16-8-9-17(19)24-16)18(22)20-11-10-14-4-6-15(23-3)7-5-14/h4-9,13H,10-12H2,1-3H3,(H,20,22). The molecule has 0 aliphatic heterocycles. The van der Waals surface area contributed by atoms with E-state index in [0.29, 0.717) is 13.1 Å². The highest BCUT2D eigenvalue weighted by atomic mass is 35.5. The van der Waals surface area contributed by atoms with Crippen molar-refractivity contribution in [3.63, 3.8) is 0 Å². The lowest BCUT2D eigenvalue weighted by Crippen LogP contribution is -2.43. The maximum absolute atomic E-state index is 12.3. The molecule has 2 aromatic rings. The van der Waals surface area contributed by atoms with Crippen molar-refractivity contribution in [2.45, 2.75) is 25.9 Å². The Bertz CT molecular complexity index is 657. The number of carbonyl (C=O) groups is 1. The van der Waals surface area contributed by atoms with Crippen LogP contribution in [0.3, 0.4) is 0 Å². The van der Waals surface area contributed by atoms with Crippen LogP contribution in [0.15, 0.2) is 36.4 Å². The van der Waals surface area contributed by atoms with Crippen molar-refractivity contribution in [3.05, 3.63) is 51.2 Å². The fraction of sp³-hybridized carbons (Fsp3) is 0.389. The number of halogens is 1. The van der Waals surface area contributed by atoms with Crippen molar-refractivity contribution < 1.29 is 9.53 Å². The third-order valence-corrected chi connectivity index (χ3v) is 5.16. The quantitative estimate of drug-likeness (QED) is 0.776. The molecule has 1 heterocycles. The van der Waals surface area contributed by atoms with Gasteiger partial charge in [0.25, 0.3) is 0 Å². The Morgan fingerprint density at radius 1 is 1.29 bits per heavy atom. The molecule has 0 aliphatic rings. The number of thiophene rings is 1. The summed E-state index contributed by atoms with van der Waals surface area (Å²) in [5.41, 5.74) is 1.17. The van der Waals surface area contributed by atoms with Gasteiger partial charge in [-0.2, -0.15) is 0 Å². The third kappa shape index (κ3) is 5.51. The number of nitrogens with one attached hydrogen (secondary N) is 1. The molecule has 0 bridgehead atoms. The second-order valence-electron chi connectivity index (χ2n) is 5.69. The number of hydrogen-bond donors (Lipinski definition) is 1. The molecule has 1 aromatic carbocycles. The van der Waals surface area contributed by atoms with Gasteiger partial charge in [0.05, 0.1) is 17.5 Å². The summed E-state index contributed by atoms with van der Waals surface area (Å²) < 4.78 is 5.91. The van der Waals surface area contributed by atoms with Crippen molar-refractivity contribution in [1.82, 2.24) is 10.2 Å². The smallest absolute Gasteiger partial charge is 0.237 e. The molecule has 0 fully saturated rings. The summed E-state index contributed by atoms with van der Waals surface area (Å²) in [6.07, 6.45) is 0.798. The van der Waals surface area contributed by atoms with Gasteiger partial charge in [0, 0.05) is 18.0 Å². The molecule has 24 heavy (non-hydrogen) atoms. The van der Waals surface area contributed by atoms with E-state index in [4.69, 9.17) is 16.3 Å². The summed E-state index contributed by atoms with van der Waals surface area (Å²) in [7, 11) is 3.60. The summed E-state index contributed by atoms with van der Waals surface area (Å²) in [5.74, 6) is 0.875. The zero-order valence-electron chi connectivity index (χ0n) is 14.2. The molecule has 0 saturated heterocycles. The molecule has 1 atom stereocenters. The fourth-order valence-corrected chi connectivity index (χ4v) is 3.44. The van der Waals surface area contributed by atoms with Gasteiger partial charge in [0.15, 0.2) is 0 Å². The SMILES string of the molecule is COc1ccc(CCNC(=O)C(C)N(C)Cc2ccc(Cl)s2)cc1. The number of rotatable bonds is 8. The van der Waals surface area contributed by atoms with Crippen molar-refractivity contribution in [2.24, 2.45) is 0 Å². The number of carbonyl (C=O) groups excluding carboxylic acids is 1. The van der Waals surface area contributed by atoms with Gasteiger partial charge in [-0.1, -0.05) is 23.7 Å². The highest BCUT2D eigenvalue weighted by molar-refractivity contribution is 7.16. The van der Waals surface area contributed by atoms with E-state index in [0.717, 1.165) is 21.4 Å². The van der Waals surface area contributed by atoms with Crippen LogP contribution in [0.1, 0.15) is 17.4 Å². The van der Waals surface area contributed by atoms with Gasteiger partial charge in [-0.3, -0.25) is 9.69 Å². The second kappa shape index (κ2) is 9.06. The maximum Gasteiger partial charge on any atom is 0.237 e. The second-order valence-corrected chi connectivity index (χ2v) is 7.49. The molecule has 0 radical (unpaired) electrons. The van der Waals surface area contributed by atoms with E-state index < -0.39 is 0 Å². The van der Waals surface area contributed by atoms with Gasteiger partial charge in [0.1, 0.15) is 5.75 Å². The molecule has 4 nitrogen and oxygen atoms in total. The number of nitrogens with zero attached hydrogens (tertiary/aromatic N) is 1. The van der Waals surface area contributed by atoms with Gasteiger partial charge in [0.2, 0.25) is 5.91 Å². The van der Waals surface area contributed by atoms with E-state index in [1.54, 1.807) is 18.4 Å². The van der Waals surface area contributed by atoms with Crippen LogP contribution in [0.5, 0.6) is 5.75 Å². The van der Waals surface area contributed by atoms with E-state index in [2.05, 4.69) is 5.32 Å². The van der Waals surface area contributed by atoms with Crippen LogP contribution in [0.2, 0.25) is 4.34 Å². The lowest BCUT2D eigenvalue weighted by molar-refractivity contribution is -0.125. The molecule has 6 heteroatoms. The molecular formula is C18H23ClN2O2S. The number of hydrogen-bond acceptors (Lipinski definition) is 4. The highest BCUT2D eigenvalue weighted by Crippen LogP contribution is 2.22. The molecular weight excluding hydrogens is 344 g/mol. The van der Waals surface area contributed by atoms with Crippen molar-refractivity contribution in [3.8, 4) is 5.75 Å². The van der Waals surface area contributed by atoms with Crippen LogP contribution in [-0.4, -0.2) is 37.6 Å². The Labute approximate surface area is 152 Å². The number of benzene rings is 1. The van der Waals surface area contributed by atoms with Gasteiger partial charge in [-0.25, -0.2) is 0 Å². The van der Waals surface area contributed by atoms with Crippen LogP contribution in [0, 0.1) is 0 Å². The molecule has 1 aromatic heterocycles. The highest BCUT2D eigenvalue weighted by Gasteiger charge is 2.18. The minimum atomic E-state index is -0.193. The predicted molar refractivity (Wildman–Crippen MR) is 100.0 cm³/mol. The minimum absolute atomic E-state index is 0.0358. The normalized spacial score (nSPS) is 12.2. The Morgan fingerprint density at radius 3 is 2.58 bits per heavy atom. The number of methoxy groups -OCH3 is 1. The van der Waals surface area contributed by atoms with Crippen LogP contribution >= 0.6 is 22.9 Å². The summed E-state index contributed by atoms with van der Waals surface area (Å²) in [5, 5.41) is 3.00. The number of ether oxygens (including phenoxy) is 1. The first-order valence-corrected chi connectivity index (χ1v) is 9.04. The van der Waals surface area contributed by atoms with Gasteiger partial charge in [-0.15, -0.1) is 11.3 Å². The summed E-state index contributed by atoms with van der Waals surface area (Å²) in [4.78, 5) is 15.4. The number of likely N-dealkylation sites (N-methyl/N-ethyl adjacent to an activating group) is 1. The van der Waals surface area contributed by atoms with Crippen LogP contribution in [-0.2, 0) is 17.8 Å². The van der Waals surface area contributed by atoms with E-state index in [-0.39, 0.29) is 11.9 Å². The molecule has 2 rings (SSSR count). The van der Waals surface area contributed by atoms with Crippen LogP contribution < -0.4 is 10.1 Å². The zero-order valence-corrected chi connectivity index (χ0v) is 15.8. The van der Waals surface area contributed by atoms with Crippen LogP contribution in [0.4, 0.5) is 0 Å². The van der Waals surface area contributed by atoms with Crippen molar-refractivity contribution in [1.29, 1.82) is 0 Å². The molecule has 1 amide bonds. The Kier molecular flexibility index (Phi) is 7.09. The molecule has 1 unspecified atom stereocenters. The topological polar surface area (TPSA) is 41.6 Å². The van der Waals surface area contributed by atoms with E-state index in [1.165, 1.54) is 5.56 Å². The largest absolute Gasteiger partial charge is 0.497 e. The molecule has 0 aliphatic carbocycles. The Hall–Kier alpha value is -1.56. The van der Waals surface area contributed by atoms with E-state index in [1.807, 2.05) is 55.3 Å². The molecule has 1 N–H and O–H groups in total. The van der Waals surface area contributed by atoms with Crippen LogP contribution in [0.25, 0.3) is 0 Å². The lowest BCUT2D eigenvalue weighted by Gasteiger charge is -2.23. The zero-order chi connectivity index (χ0) is 17.5. The fourth-order valence-electron chi connectivity index (χ4n) is 2.29. The predicted octanol–water partition coefficient (Wildman–Crippen LogP) is 3.59. The molecule has 0 spiro atoms. The maximum atomic E-state index is 12.3. The summed E-state index contributed by atoms with van der Waals surface area (Å²) in [6.45, 7) is 3.25. The van der Waals surface area contributed by atoms with Crippen molar-refractivity contribution in [2.75, 3.05) is 20.7 Å². The average Bonchev–Trinajstić information content (AvgIpc) is 2.99. The van der Waals surface area contributed by atoms with Gasteiger partial charge >= 0.3 is 0 Å². The first-order chi connectivity index (χ1) is 11.5. The third-order valence-electron chi connectivity index (χ3n) is 3.95. The molecule has 130 valence electrons. The average molecular weight is 367 g/mol. The minimum Gasteiger partial charge on any atom is -0.497 e. The molecule has 0 saturated carbocycles. The van der Waals surface area contributed by atoms with Gasteiger partial charge in [-0.05, 0) is 50.2 Å². The lowest BCUT2D eigenvalue weighted by atomic mass is 10.1. The summed E-state index contributed by atoms with van der Waals surface area (Å²) in [6, 6.07) is 11.6. The van der Waals surface area contributed by atoms with E-state index in [9.17, 15) is 4.79 Å². The Balaban J connectivity index is 1.76. The van der Waals surface area contributed by atoms with Gasteiger partial charge < -0.3 is 10.1 Å². The summed E-state index contributed by atoms with van der Waals surface area (Å²) >= 11 is 7.49. The monoisotopic (exact) mass is 366 g/mol. The first kappa shape index (κ1) is 18.8.